The predicted octanol–water partition coefficient (Wildman–Crippen LogP) is 8.49. The molecular formula is C54H55F2N7O6. The standard InChI is InChI=1S/C54H55F2N7O6/c1-34-25-38-7-5-6-8-40(38)33-61(34)52(66)48-28-41-32-60(51(65)26-37-9-15-45(16-10-37)69-24-21-59-19-22-68-23-20-59)18-17-39(41)27-47(48)50-30-46(35(2)58(50)4)53(67)63(42-11-13-44(64)14-12-42)49-29-43(31-57)62(36(49)3)54(55)56/h5-16,27-30,34,54,64H,17-26,32-33H2,1-4H3/t34-/m1/s1. The highest BCUT2D eigenvalue weighted by atomic mass is 19.3. The first-order valence-corrected chi connectivity index (χ1v) is 23.3. The smallest absolute Gasteiger partial charge is 0.319 e. The summed E-state index contributed by atoms with van der Waals surface area (Å²) in [4.78, 5) is 51.4. The summed E-state index contributed by atoms with van der Waals surface area (Å²) in [5.41, 5.74) is 7.45. The molecule has 15 heteroatoms. The SMILES string of the molecule is Cc1c(C(=O)N(c2ccc(O)cc2)c2cc(C#N)n(C(F)F)c2C)cc(-c2cc3c(cc2C(=O)N2Cc4ccccc4C[C@H]2C)CN(C(=O)Cc2ccc(OCCN4CCOCC4)cc2)CC3)n1C. The van der Waals surface area contributed by atoms with Crippen LogP contribution in [-0.2, 0) is 48.9 Å². The van der Waals surface area contributed by atoms with Gasteiger partial charge in [0, 0.05) is 86.3 Å². The second-order valence-electron chi connectivity index (χ2n) is 18.1. The third kappa shape index (κ3) is 9.47. The minimum atomic E-state index is -3.04. The fourth-order valence-electron chi connectivity index (χ4n) is 9.86. The van der Waals surface area contributed by atoms with Crippen LogP contribution in [0.2, 0.25) is 0 Å². The second-order valence-corrected chi connectivity index (χ2v) is 18.1. The second kappa shape index (κ2) is 19.7. The highest BCUT2D eigenvalue weighted by Crippen LogP contribution is 2.39. The van der Waals surface area contributed by atoms with Crippen LogP contribution in [0, 0.1) is 25.2 Å². The topological polar surface area (TPSA) is 137 Å². The van der Waals surface area contributed by atoms with Gasteiger partial charge >= 0.3 is 6.55 Å². The van der Waals surface area contributed by atoms with Crippen LogP contribution in [0.25, 0.3) is 11.3 Å². The third-order valence-corrected chi connectivity index (χ3v) is 13.9. The van der Waals surface area contributed by atoms with Crippen LogP contribution in [0.5, 0.6) is 11.5 Å². The molecule has 3 aliphatic rings. The van der Waals surface area contributed by atoms with Crippen molar-refractivity contribution in [2.45, 2.75) is 65.7 Å². The Bertz CT molecular complexity index is 2950. The zero-order valence-electron chi connectivity index (χ0n) is 39.3. The summed E-state index contributed by atoms with van der Waals surface area (Å²) in [6, 6.07) is 30.2. The van der Waals surface area contributed by atoms with Gasteiger partial charge in [-0.2, -0.15) is 14.0 Å². The molecule has 2 aromatic heterocycles. The fourth-order valence-corrected chi connectivity index (χ4v) is 9.86. The zero-order chi connectivity index (χ0) is 48.5. The molecule has 3 amide bonds. The van der Waals surface area contributed by atoms with Crippen LogP contribution in [0.15, 0.2) is 97.1 Å². The number of amides is 3. The van der Waals surface area contributed by atoms with E-state index in [4.69, 9.17) is 9.47 Å². The van der Waals surface area contributed by atoms with E-state index in [0.717, 1.165) is 60.9 Å². The van der Waals surface area contributed by atoms with Crippen LogP contribution in [0.3, 0.4) is 0 Å². The Balaban J connectivity index is 1.04. The van der Waals surface area contributed by atoms with Gasteiger partial charge in [-0.15, -0.1) is 0 Å². The maximum absolute atomic E-state index is 15.2. The number of nitriles is 1. The summed E-state index contributed by atoms with van der Waals surface area (Å²) in [7, 11) is 1.82. The molecule has 1 N–H and O–H groups in total. The summed E-state index contributed by atoms with van der Waals surface area (Å²) < 4.78 is 42.6. The lowest BCUT2D eigenvalue weighted by Gasteiger charge is -2.36. The number of carbonyl (C=O) groups excluding carboxylic acids is 3. The number of fused-ring (bicyclic) bond motifs is 2. The zero-order valence-corrected chi connectivity index (χ0v) is 39.3. The molecule has 1 fully saturated rings. The predicted molar refractivity (Wildman–Crippen MR) is 257 cm³/mol. The van der Waals surface area contributed by atoms with Gasteiger partial charge in [0.25, 0.3) is 11.8 Å². The summed E-state index contributed by atoms with van der Waals surface area (Å²) in [6.45, 7) is 8.06. The molecule has 9 rings (SSSR count). The highest BCUT2D eigenvalue weighted by Gasteiger charge is 2.34. The number of phenols is 1. The van der Waals surface area contributed by atoms with Crippen LogP contribution in [-0.4, -0.2) is 98.7 Å². The molecule has 4 aromatic carbocycles. The van der Waals surface area contributed by atoms with E-state index in [1.54, 1.807) is 13.0 Å². The van der Waals surface area contributed by atoms with Crippen LogP contribution >= 0.6 is 0 Å². The number of anilines is 2. The number of carbonyl (C=O) groups is 3. The first-order chi connectivity index (χ1) is 33.3. The summed E-state index contributed by atoms with van der Waals surface area (Å²) in [6.07, 6.45) is 1.43. The maximum Gasteiger partial charge on any atom is 0.319 e. The number of halogens is 2. The Kier molecular flexibility index (Phi) is 13.4. The van der Waals surface area contributed by atoms with E-state index in [2.05, 4.69) is 11.0 Å². The number of benzene rings is 4. The number of ether oxygens (including phenoxy) is 2. The van der Waals surface area contributed by atoms with Crippen molar-refractivity contribution in [1.29, 1.82) is 5.26 Å². The minimum absolute atomic E-state index is 0.00212. The van der Waals surface area contributed by atoms with Gasteiger partial charge in [-0.3, -0.25) is 28.8 Å². The van der Waals surface area contributed by atoms with Crippen LogP contribution in [0.1, 0.15) is 79.1 Å². The monoisotopic (exact) mass is 935 g/mol. The molecule has 0 unspecified atom stereocenters. The van der Waals surface area contributed by atoms with E-state index < -0.39 is 12.5 Å². The Morgan fingerprint density at radius 3 is 2.29 bits per heavy atom. The third-order valence-electron chi connectivity index (χ3n) is 13.9. The number of hydrogen-bond donors (Lipinski definition) is 1. The Hall–Kier alpha value is -7.28. The molecule has 6 aromatic rings. The van der Waals surface area contributed by atoms with E-state index in [1.807, 2.05) is 89.0 Å². The molecule has 0 radical (unpaired) electrons. The molecule has 69 heavy (non-hydrogen) atoms. The van der Waals surface area contributed by atoms with Crippen molar-refractivity contribution in [3.05, 3.63) is 153 Å². The van der Waals surface area contributed by atoms with Crippen LogP contribution in [0.4, 0.5) is 20.2 Å². The number of hydrogen-bond acceptors (Lipinski definition) is 8. The molecular weight excluding hydrogens is 881 g/mol. The molecule has 3 aliphatic heterocycles. The van der Waals surface area contributed by atoms with Gasteiger partial charge in [0.2, 0.25) is 5.91 Å². The van der Waals surface area contributed by atoms with Crippen molar-refractivity contribution < 1.29 is 37.7 Å². The van der Waals surface area contributed by atoms with Crippen LogP contribution < -0.4 is 9.64 Å². The average Bonchev–Trinajstić information content (AvgIpc) is 3.85. The molecule has 0 aliphatic carbocycles. The van der Waals surface area contributed by atoms with E-state index >= 15 is 9.59 Å². The Labute approximate surface area is 400 Å². The van der Waals surface area contributed by atoms with Gasteiger partial charge in [0.05, 0.1) is 30.9 Å². The van der Waals surface area contributed by atoms with Gasteiger partial charge in [-0.25, -0.2) is 0 Å². The van der Waals surface area contributed by atoms with Crippen molar-refractivity contribution in [2.24, 2.45) is 7.05 Å². The number of aromatic hydroxyl groups is 1. The number of rotatable bonds is 12. The molecule has 1 saturated heterocycles. The maximum atomic E-state index is 15.2. The van der Waals surface area contributed by atoms with Crippen molar-refractivity contribution in [3.63, 3.8) is 0 Å². The number of aromatic nitrogens is 2. The van der Waals surface area contributed by atoms with E-state index in [1.165, 1.54) is 47.7 Å². The quantitative estimate of drug-likeness (QED) is 0.129. The van der Waals surface area contributed by atoms with Gasteiger partial charge in [-0.05, 0) is 122 Å². The van der Waals surface area contributed by atoms with Gasteiger partial charge < -0.3 is 28.9 Å². The Morgan fingerprint density at radius 2 is 1.59 bits per heavy atom. The van der Waals surface area contributed by atoms with Gasteiger partial charge in [-0.1, -0.05) is 36.4 Å². The summed E-state index contributed by atoms with van der Waals surface area (Å²) >= 11 is 0. The number of phenolic OH excluding ortho intramolecular Hbond substituents is 1. The van der Waals surface area contributed by atoms with Crippen molar-refractivity contribution in [3.8, 4) is 28.8 Å². The lowest BCUT2D eigenvalue weighted by Crippen LogP contribution is -2.43. The van der Waals surface area contributed by atoms with E-state index in [0.29, 0.717) is 66.2 Å². The summed E-state index contributed by atoms with van der Waals surface area (Å²) in [5.74, 6) is -0.0826. The normalized spacial score (nSPS) is 15.9. The van der Waals surface area contributed by atoms with Crippen molar-refractivity contribution in [2.75, 3.05) is 50.9 Å². The van der Waals surface area contributed by atoms with Crippen molar-refractivity contribution >= 4 is 29.1 Å². The van der Waals surface area contributed by atoms with Crippen molar-refractivity contribution in [1.82, 2.24) is 23.8 Å². The Morgan fingerprint density at radius 1 is 0.870 bits per heavy atom. The van der Waals surface area contributed by atoms with Gasteiger partial charge in [0.15, 0.2) is 0 Å². The number of morpholine rings is 1. The first-order valence-electron chi connectivity index (χ1n) is 23.3. The van der Waals surface area contributed by atoms with E-state index in [9.17, 15) is 23.9 Å². The van der Waals surface area contributed by atoms with E-state index in [-0.39, 0.29) is 58.4 Å². The highest BCUT2D eigenvalue weighted by molar-refractivity contribution is 6.13. The lowest BCUT2D eigenvalue weighted by molar-refractivity contribution is -0.131. The molecule has 1 atom stereocenters. The molecule has 0 saturated carbocycles. The number of alkyl halides is 2. The number of nitrogens with zero attached hydrogens (tertiary/aromatic N) is 7. The molecule has 13 nitrogen and oxygen atoms in total. The lowest BCUT2D eigenvalue weighted by atomic mass is 9.89. The first kappa shape index (κ1) is 46.8. The largest absolute Gasteiger partial charge is 0.508 e. The fraction of sp³-hybridized carbons (Fsp3) is 0.333. The molecule has 356 valence electrons. The average molecular weight is 936 g/mol. The molecule has 5 heterocycles. The van der Waals surface area contributed by atoms with Gasteiger partial charge in [0.1, 0.15) is 29.9 Å². The summed E-state index contributed by atoms with van der Waals surface area (Å²) in [5, 5.41) is 20.0. The molecule has 0 bridgehead atoms. The minimum Gasteiger partial charge on any atom is -0.508 e. The molecule has 0 spiro atoms.